The molecule has 0 aliphatic heterocycles. The van der Waals surface area contributed by atoms with Crippen LogP contribution in [-0.2, 0) is 0 Å². The molecule has 0 radical (unpaired) electrons. The van der Waals surface area contributed by atoms with Crippen molar-refractivity contribution >= 4 is 0 Å². The molecule has 0 bridgehead atoms. The van der Waals surface area contributed by atoms with E-state index >= 15 is 0 Å². The van der Waals surface area contributed by atoms with E-state index in [1.807, 2.05) is 0 Å². The Balaban J connectivity index is 2.27. The maximum atomic E-state index is 9.06. The Labute approximate surface area is 62.6 Å². The fourth-order valence-electron chi connectivity index (χ4n) is 1.80. The van der Waals surface area contributed by atoms with Crippen LogP contribution in [0.1, 0.15) is 33.6 Å². The molecule has 0 amide bonds. The predicted octanol–water partition coefficient (Wildman–Crippen LogP) is 0.898. The first-order valence-corrected chi connectivity index (χ1v) is 3.98. The Morgan fingerprint density at radius 3 is 2.30 bits per heavy atom. The summed E-state index contributed by atoms with van der Waals surface area (Å²) in [5.74, 6) is 0. The normalized spacial score (nSPS) is 39.9. The quantitative estimate of drug-likeness (QED) is 0.602. The summed E-state index contributed by atoms with van der Waals surface area (Å²) in [4.78, 5) is 0. The minimum atomic E-state index is -0.0590. The molecule has 1 fully saturated rings. The molecule has 2 nitrogen and oxygen atoms in total. The molecule has 60 valence electrons. The van der Waals surface area contributed by atoms with E-state index in [0.29, 0.717) is 6.04 Å². The Kier molecular flexibility index (Phi) is 2.02. The highest BCUT2D eigenvalue weighted by molar-refractivity contribution is 4.98. The summed E-state index contributed by atoms with van der Waals surface area (Å²) < 4.78 is 0. The molecule has 0 saturated heterocycles. The first-order chi connectivity index (χ1) is 4.52. The van der Waals surface area contributed by atoms with E-state index in [1.54, 1.807) is 0 Å². The number of rotatable bonds is 2. The molecule has 0 heterocycles. The third-order valence-electron chi connectivity index (χ3n) is 2.01. The van der Waals surface area contributed by atoms with Gasteiger partial charge in [-0.2, -0.15) is 0 Å². The lowest BCUT2D eigenvalue weighted by Crippen LogP contribution is -2.57. The van der Waals surface area contributed by atoms with Gasteiger partial charge in [-0.1, -0.05) is 13.8 Å². The van der Waals surface area contributed by atoms with Gasteiger partial charge in [0.25, 0.3) is 0 Å². The first-order valence-electron chi connectivity index (χ1n) is 3.98. The molecular weight excluding hydrogens is 126 g/mol. The lowest BCUT2D eigenvalue weighted by atomic mass is 9.75. The molecular formula is C8H17NO. The van der Waals surface area contributed by atoms with Gasteiger partial charge in [-0.3, -0.25) is 0 Å². The lowest BCUT2D eigenvalue weighted by molar-refractivity contribution is 0.00788. The Bertz CT molecular complexity index is 116. The molecule has 0 spiro atoms. The average molecular weight is 143 g/mol. The largest absolute Gasteiger partial charge is 0.393 e. The van der Waals surface area contributed by atoms with Crippen molar-refractivity contribution in [3.63, 3.8) is 0 Å². The number of aliphatic hydroxyl groups is 1. The molecule has 2 heteroatoms. The second-order valence-corrected chi connectivity index (χ2v) is 3.92. The van der Waals surface area contributed by atoms with E-state index in [2.05, 4.69) is 26.1 Å². The van der Waals surface area contributed by atoms with Crippen molar-refractivity contribution < 1.29 is 5.11 Å². The SMILES string of the molecule is CC(C)N[C@]1(C)C[C@@H](O)C1. The minimum absolute atomic E-state index is 0.0590. The standard InChI is InChI=1S/C8H17NO/c1-6(2)9-8(3)4-7(10)5-8/h6-7,9-10H,4-5H2,1-3H3/t7-,8-. The maximum Gasteiger partial charge on any atom is 0.0575 e. The summed E-state index contributed by atoms with van der Waals surface area (Å²) in [6.45, 7) is 6.44. The second kappa shape index (κ2) is 2.51. The van der Waals surface area contributed by atoms with Crippen LogP contribution in [0.5, 0.6) is 0 Å². The van der Waals surface area contributed by atoms with Gasteiger partial charge < -0.3 is 10.4 Å². The van der Waals surface area contributed by atoms with Crippen LogP contribution in [0.15, 0.2) is 0 Å². The first kappa shape index (κ1) is 8.02. The van der Waals surface area contributed by atoms with Gasteiger partial charge in [0.2, 0.25) is 0 Å². The highest BCUT2D eigenvalue weighted by Crippen LogP contribution is 2.31. The van der Waals surface area contributed by atoms with E-state index in [4.69, 9.17) is 5.11 Å². The molecule has 0 aromatic carbocycles. The van der Waals surface area contributed by atoms with Crippen LogP contribution < -0.4 is 5.32 Å². The van der Waals surface area contributed by atoms with E-state index in [-0.39, 0.29) is 11.6 Å². The Morgan fingerprint density at radius 1 is 1.50 bits per heavy atom. The van der Waals surface area contributed by atoms with Crippen LogP contribution in [-0.4, -0.2) is 22.8 Å². The number of nitrogens with one attached hydrogen (secondary N) is 1. The van der Waals surface area contributed by atoms with Gasteiger partial charge in [-0.15, -0.1) is 0 Å². The molecule has 0 aromatic heterocycles. The van der Waals surface area contributed by atoms with Crippen molar-refractivity contribution in [2.24, 2.45) is 0 Å². The number of hydrogen-bond donors (Lipinski definition) is 2. The molecule has 1 aliphatic carbocycles. The van der Waals surface area contributed by atoms with Gasteiger partial charge in [-0.25, -0.2) is 0 Å². The molecule has 10 heavy (non-hydrogen) atoms. The lowest BCUT2D eigenvalue weighted by Gasteiger charge is -2.44. The number of aliphatic hydroxyl groups excluding tert-OH is 1. The molecule has 1 saturated carbocycles. The van der Waals surface area contributed by atoms with Crippen LogP contribution in [0.2, 0.25) is 0 Å². The third-order valence-corrected chi connectivity index (χ3v) is 2.01. The molecule has 0 unspecified atom stereocenters. The van der Waals surface area contributed by atoms with Crippen LogP contribution in [0.25, 0.3) is 0 Å². The van der Waals surface area contributed by atoms with Crippen LogP contribution in [0, 0.1) is 0 Å². The highest BCUT2D eigenvalue weighted by Gasteiger charge is 2.38. The van der Waals surface area contributed by atoms with Crippen LogP contribution in [0.4, 0.5) is 0 Å². The zero-order valence-electron chi connectivity index (χ0n) is 7.02. The minimum Gasteiger partial charge on any atom is -0.393 e. The summed E-state index contributed by atoms with van der Waals surface area (Å²) in [5, 5.41) is 12.5. The summed E-state index contributed by atoms with van der Waals surface area (Å²) in [6, 6.07) is 0.525. The van der Waals surface area contributed by atoms with Crippen molar-refractivity contribution in [1.29, 1.82) is 0 Å². The van der Waals surface area contributed by atoms with Crippen molar-refractivity contribution in [3.8, 4) is 0 Å². The monoisotopic (exact) mass is 143 g/mol. The fourth-order valence-corrected chi connectivity index (χ4v) is 1.80. The summed E-state index contributed by atoms with van der Waals surface area (Å²) in [7, 11) is 0. The molecule has 0 atom stereocenters. The summed E-state index contributed by atoms with van der Waals surface area (Å²) in [6.07, 6.45) is 1.76. The number of hydrogen-bond acceptors (Lipinski definition) is 2. The smallest absolute Gasteiger partial charge is 0.0575 e. The van der Waals surface area contributed by atoms with Gasteiger partial charge in [0.05, 0.1) is 6.10 Å². The van der Waals surface area contributed by atoms with E-state index in [1.165, 1.54) is 0 Å². The van der Waals surface area contributed by atoms with Gasteiger partial charge in [-0.05, 0) is 19.8 Å². The second-order valence-electron chi connectivity index (χ2n) is 3.92. The molecule has 0 aromatic rings. The average Bonchev–Trinajstić information content (AvgIpc) is 1.57. The van der Waals surface area contributed by atoms with Gasteiger partial charge >= 0.3 is 0 Å². The van der Waals surface area contributed by atoms with Gasteiger partial charge in [0.15, 0.2) is 0 Å². The third kappa shape index (κ3) is 1.70. The molecule has 1 rings (SSSR count). The highest BCUT2D eigenvalue weighted by atomic mass is 16.3. The van der Waals surface area contributed by atoms with Gasteiger partial charge in [0, 0.05) is 11.6 Å². The molecule has 2 N–H and O–H groups in total. The molecule has 1 aliphatic rings. The Morgan fingerprint density at radius 2 is 2.00 bits per heavy atom. The van der Waals surface area contributed by atoms with Crippen molar-refractivity contribution in [1.82, 2.24) is 5.32 Å². The van der Waals surface area contributed by atoms with E-state index in [0.717, 1.165) is 12.8 Å². The zero-order chi connectivity index (χ0) is 7.78. The maximum absolute atomic E-state index is 9.06. The summed E-state index contributed by atoms with van der Waals surface area (Å²) in [5.41, 5.74) is 0.216. The van der Waals surface area contributed by atoms with Crippen LogP contribution >= 0.6 is 0 Å². The summed E-state index contributed by atoms with van der Waals surface area (Å²) >= 11 is 0. The Hall–Kier alpha value is -0.0800. The zero-order valence-corrected chi connectivity index (χ0v) is 7.02. The fraction of sp³-hybridized carbons (Fsp3) is 1.00. The van der Waals surface area contributed by atoms with Crippen LogP contribution in [0.3, 0.4) is 0 Å². The van der Waals surface area contributed by atoms with E-state index in [9.17, 15) is 0 Å². The van der Waals surface area contributed by atoms with E-state index < -0.39 is 0 Å². The van der Waals surface area contributed by atoms with Crippen molar-refractivity contribution in [2.75, 3.05) is 0 Å². The topological polar surface area (TPSA) is 32.3 Å². The van der Waals surface area contributed by atoms with Gasteiger partial charge in [0.1, 0.15) is 0 Å². The van der Waals surface area contributed by atoms with Crippen molar-refractivity contribution in [2.45, 2.75) is 51.3 Å². The predicted molar refractivity (Wildman–Crippen MR) is 41.9 cm³/mol. The van der Waals surface area contributed by atoms with Crippen molar-refractivity contribution in [3.05, 3.63) is 0 Å².